The molecule has 1 N–H and O–H groups in total. The molecule has 1 saturated heterocycles. The van der Waals surface area contributed by atoms with Crippen LogP contribution in [0.15, 0.2) is 12.5 Å². The van der Waals surface area contributed by atoms with Crippen LogP contribution in [0.25, 0.3) is 0 Å². The van der Waals surface area contributed by atoms with Crippen molar-refractivity contribution < 1.29 is 0 Å². The summed E-state index contributed by atoms with van der Waals surface area (Å²) in [5.74, 6) is 0. The predicted molar refractivity (Wildman–Crippen MR) is 51.4 cm³/mol. The van der Waals surface area contributed by atoms with Crippen LogP contribution in [0.2, 0.25) is 0 Å². The highest BCUT2D eigenvalue weighted by Gasteiger charge is 2.21. The fourth-order valence-corrected chi connectivity index (χ4v) is 1.74. The van der Waals surface area contributed by atoms with E-state index in [1.165, 1.54) is 0 Å². The van der Waals surface area contributed by atoms with Gasteiger partial charge in [0.05, 0.1) is 18.1 Å². The number of nitrogens with one attached hydrogen (secondary N) is 1. The van der Waals surface area contributed by atoms with Gasteiger partial charge in [-0.15, -0.1) is 0 Å². The molecule has 1 fully saturated rings. The van der Waals surface area contributed by atoms with E-state index in [-0.39, 0.29) is 0 Å². The van der Waals surface area contributed by atoms with Gasteiger partial charge in [-0.25, -0.2) is 4.98 Å². The molecule has 1 aromatic heterocycles. The maximum atomic E-state index is 4.37. The molecule has 0 aliphatic carbocycles. The molecule has 13 heavy (non-hydrogen) atoms. The van der Waals surface area contributed by atoms with Crippen molar-refractivity contribution in [2.45, 2.75) is 6.04 Å². The summed E-state index contributed by atoms with van der Waals surface area (Å²) < 4.78 is 2.00. The summed E-state index contributed by atoms with van der Waals surface area (Å²) in [5, 5.41) is 3.38. The third-order valence-electron chi connectivity index (χ3n) is 2.58. The minimum atomic E-state index is 0.440. The van der Waals surface area contributed by atoms with Crippen LogP contribution in [0, 0.1) is 0 Å². The lowest BCUT2D eigenvalue weighted by atomic mass is 10.1. The zero-order valence-corrected chi connectivity index (χ0v) is 8.20. The summed E-state index contributed by atoms with van der Waals surface area (Å²) in [6.45, 7) is 3.19. The van der Waals surface area contributed by atoms with Gasteiger partial charge in [0.2, 0.25) is 0 Å². The highest BCUT2D eigenvalue weighted by Crippen LogP contribution is 2.17. The van der Waals surface area contributed by atoms with Gasteiger partial charge in [0.1, 0.15) is 0 Å². The molecule has 2 heterocycles. The highest BCUT2D eigenvalue weighted by atomic mass is 15.2. The Morgan fingerprint density at radius 2 is 2.38 bits per heavy atom. The van der Waals surface area contributed by atoms with Crippen molar-refractivity contribution in [1.82, 2.24) is 19.8 Å². The Hall–Kier alpha value is -0.870. The minimum absolute atomic E-state index is 0.440. The van der Waals surface area contributed by atoms with E-state index in [9.17, 15) is 0 Å². The van der Waals surface area contributed by atoms with E-state index >= 15 is 0 Å². The molecule has 72 valence electrons. The van der Waals surface area contributed by atoms with Crippen LogP contribution >= 0.6 is 0 Å². The molecule has 0 spiro atoms. The molecule has 0 radical (unpaired) electrons. The Bertz CT molecular complexity index is 281. The first-order valence-corrected chi connectivity index (χ1v) is 4.66. The molecule has 1 aliphatic rings. The van der Waals surface area contributed by atoms with Crippen LogP contribution in [0.1, 0.15) is 11.7 Å². The van der Waals surface area contributed by atoms with Gasteiger partial charge in [0.15, 0.2) is 0 Å². The molecule has 0 aromatic carbocycles. The Balaban J connectivity index is 2.14. The van der Waals surface area contributed by atoms with Crippen LogP contribution in [-0.2, 0) is 7.05 Å². The van der Waals surface area contributed by atoms with Crippen molar-refractivity contribution in [3.8, 4) is 0 Å². The van der Waals surface area contributed by atoms with E-state index in [1.54, 1.807) is 0 Å². The minimum Gasteiger partial charge on any atom is -0.340 e. The topological polar surface area (TPSA) is 33.1 Å². The van der Waals surface area contributed by atoms with Crippen LogP contribution < -0.4 is 5.32 Å². The highest BCUT2D eigenvalue weighted by molar-refractivity contribution is 5.05. The number of nitrogens with zero attached hydrogens (tertiary/aromatic N) is 3. The number of likely N-dealkylation sites (N-methyl/N-ethyl adjacent to an activating group) is 1. The van der Waals surface area contributed by atoms with E-state index in [2.05, 4.69) is 28.4 Å². The molecule has 0 bridgehead atoms. The third kappa shape index (κ3) is 1.73. The van der Waals surface area contributed by atoms with Crippen LogP contribution in [-0.4, -0.2) is 41.1 Å². The summed E-state index contributed by atoms with van der Waals surface area (Å²) in [4.78, 5) is 6.72. The standard InChI is InChI=1S/C9H16N4/c1-12-6-8(11-7-12)9-5-10-3-4-13(9)2/h6-7,9-10H,3-5H2,1-2H3. The zero-order chi connectivity index (χ0) is 9.26. The van der Waals surface area contributed by atoms with E-state index < -0.39 is 0 Å². The van der Waals surface area contributed by atoms with Crippen molar-refractivity contribution in [3.63, 3.8) is 0 Å². The van der Waals surface area contributed by atoms with Gasteiger partial charge < -0.3 is 9.88 Å². The van der Waals surface area contributed by atoms with E-state index in [1.807, 2.05) is 17.9 Å². The van der Waals surface area contributed by atoms with Crippen molar-refractivity contribution in [2.24, 2.45) is 7.05 Å². The number of imidazole rings is 1. The molecular formula is C9H16N4. The van der Waals surface area contributed by atoms with Crippen LogP contribution in [0.4, 0.5) is 0 Å². The summed E-state index contributed by atoms with van der Waals surface area (Å²) in [5.41, 5.74) is 1.16. The zero-order valence-electron chi connectivity index (χ0n) is 8.20. The van der Waals surface area contributed by atoms with Crippen molar-refractivity contribution in [2.75, 3.05) is 26.7 Å². The number of hydrogen-bond acceptors (Lipinski definition) is 3. The molecule has 0 saturated carbocycles. The quantitative estimate of drug-likeness (QED) is 0.660. The molecule has 4 heteroatoms. The second-order valence-corrected chi connectivity index (χ2v) is 3.66. The summed E-state index contributed by atoms with van der Waals surface area (Å²) >= 11 is 0. The molecule has 1 atom stereocenters. The average molecular weight is 180 g/mol. The van der Waals surface area contributed by atoms with E-state index in [4.69, 9.17) is 0 Å². The van der Waals surface area contributed by atoms with Gasteiger partial charge in [-0.2, -0.15) is 0 Å². The first-order valence-electron chi connectivity index (χ1n) is 4.66. The SMILES string of the molecule is CN1CCNCC1c1cn(C)cn1. The first-order chi connectivity index (χ1) is 6.27. The maximum Gasteiger partial charge on any atom is 0.0947 e. The van der Waals surface area contributed by atoms with Gasteiger partial charge >= 0.3 is 0 Å². The summed E-state index contributed by atoms with van der Waals surface area (Å²) in [6, 6.07) is 0.440. The van der Waals surface area contributed by atoms with Gasteiger partial charge in [0.25, 0.3) is 0 Å². The average Bonchev–Trinajstić information content (AvgIpc) is 2.53. The Labute approximate surface area is 78.6 Å². The number of aromatic nitrogens is 2. The van der Waals surface area contributed by atoms with Gasteiger partial charge in [0, 0.05) is 32.9 Å². The number of aryl methyl sites for hydroxylation is 1. The molecule has 4 nitrogen and oxygen atoms in total. The monoisotopic (exact) mass is 180 g/mol. The maximum absolute atomic E-state index is 4.37. The van der Waals surface area contributed by atoms with Gasteiger partial charge in [-0.05, 0) is 7.05 Å². The molecule has 1 unspecified atom stereocenters. The second kappa shape index (κ2) is 3.47. The van der Waals surface area contributed by atoms with Crippen molar-refractivity contribution in [1.29, 1.82) is 0 Å². The largest absolute Gasteiger partial charge is 0.340 e. The Morgan fingerprint density at radius 3 is 3.00 bits per heavy atom. The molecule has 1 aliphatic heterocycles. The molecule has 2 rings (SSSR count). The second-order valence-electron chi connectivity index (χ2n) is 3.66. The van der Waals surface area contributed by atoms with Crippen LogP contribution in [0.5, 0.6) is 0 Å². The Kier molecular flexibility index (Phi) is 2.33. The molecular weight excluding hydrogens is 164 g/mol. The lowest BCUT2D eigenvalue weighted by Gasteiger charge is -2.31. The van der Waals surface area contributed by atoms with E-state index in [0.717, 1.165) is 25.3 Å². The summed E-state index contributed by atoms with van der Waals surface area (Å²) in [6.07, 6.45) is 3.95. The number of hydrogen-bond donors (Lipinski definition) is 1. The van der Waals surface area contributed by atoms with Crippen molar-refractivity contribution >= 4 is 0 Å². The van der Waals surface area contributed by atoms with Crippen LogP contribution in [0.3, 0.4) is 0 Å². The van der Waals surface area contributed by atoms with Gasteiger partial charge in [-0.1, -0.05) is 0 Å². The summed E-state index contributed by atoms with van der Waals surface area (Å²) in [7, 11) is 4.16. The predicted octanol–water partition coefficient (Wildman–Crippen LogP) is -0.00380. The first kappa shape index (κ1) is 8.72. The smallest absolute Gasteiger partial charge is 0.0947 e. The molecule has 1 aromatic rings. The fraction of sp³-hybridized carbons (Fsp3) is 0.667. The molecule has 0 amide bonds. The Morgan fingerprint density at radius 1 is 1.54 bits per heavy atom. The fourth-order valence-electron chi connectivity index (χ4n) is 1.74. The van der Waals surface area contributed by atoms with Crippen molar-refractivity contribution in [3.05, 3.63) is 18.2 Å². The van der Waals surface area contributed by atoms with Gasteiger partial charge in [-0.3, -0.25) is 4.90 Å². The lowest BCUT2D eigenvalue weighted by Crippen LogP contribution is -2.43. The third-order valence-corrected chi connectivity index (χ3v) is 2.58. The normalized spacial score (nSPS) is 24.9. The number of rotatable bonds is 1. The number of piperazine rings is 1. The van der Waals surface area contributed by atoms with E-state index in [0.29, 0.717) is 6.04 Å². The lowest BCUT2D eigenvalue weighted by molar-refractivity contribution is 0.199.